The summed E-state index contributed by atoms with van der Waals surface area (Å²) in [5.41, 5.74) is 2.54. The van der Waals surface area contributed by atoms with Gasteiger partial charge in [0.2, 0.25) is 0 Å². The van der Waals surface area contributed by atoms with Crippen molar-refractivity contribution in [2.24, 2.45) is 0 Å². The van der Waals surface area contributed by atoms with E-state index in [-0.39, 0.29) is 17.9 Å². The molecule has 27 heavy (non-hydrogen) atoms. The molecule has 2 aromatic carbocycles. The van der Waals surface area contributed by atoms with Crippen LogP contribution >= 0.6 is 11.6 Å². The Labute approximate surface area is 163 Å². The van der Waals surface area contributed by atoms with Crippen LogP contribution in [0.15, 0.2) is 54.1 Å². The van der Waals surface area contributed by atoms with Crippen LogP contribution < -0.4 is 10.1 Å². The lowest BCUT2D eigenvalue weighted by atomic mass is 10.1. The number of hydrogen-bond donors (Lipinski definition) is 2. The number of ether oxygens (including phenoxy) is 1. The van der Waals surface area contributed by atoms with Crippen LogP contribution in [0.25, 0.3) is 6.08 Å². The normalized spacial score (nSPS) is 11.3. The molecule has 138 valence electrons. The maximum Gasteiger partial charge on any atom is 0.262 e. The van der Waals surface area contributed by atoms with Crippen LogP contribution in [0.5, 0.6) is 11.5 Å². The van der Waals surface area contributed by atoms with Gasteiger partial charge in [-0.3, -0.25) is 4.79 Å². The Balaban J connectivity index is 2.04. The standard InChI is InChI=1S/C21H19ClN2O3/c1-14-6-8-17(18(22)10-14)13-24-21(26)16(12-23)5-3-4-15-7-9-19(25)20(11-15)27-2/h3-11,25H,13H2,1-2H3,(H,24,26)/b4-3+,16-5+. The van der Waals surface area contributed by atoms with Gasteiger partial charge in [-0.2, -0.15) is 5.26 Å². The zero-order valence-electron chi connectivity index (χ0n) is 15.0. The number of nitrogens with zero attached hydrogens (tertiary/aromatic N) is 1. The van der Waals surface area contributed by atoms with Gasteiger partial charge in [-0.1, -0.05) is 42.0 Å². The second-order valence-corrected chi connectivity index (χ2v) is 6.17. The van der Waals surface area contributed by atoms with Gasteiger partial charge in [-0.15, -0.1) is 0 Å². The molecule has 0 aromatic heterocycles. The van der Waals surface area contributed by atoms with Crippen LogP contribution in [0, 0.1) is 18.3 Å². The first-order valence-corrected chi connectivity index (χ1v) is 8.51. The Morgan fingerprint density at radius 2 is 2.11 bits per heavy atom. The Morgan fingerprint density at radius 3 is 2.78 bits per heavy atom. The van der Waals surface area contributed by atoms with Gasteiger partial charge in [-0.25, -0.2) is 0 Å². The van der Waals surface area contributed by atoms with Crippen molar-refractivity contribution in [1.82, 2.24) is 5.32 Å². The fourth-order valence-electron chi connectivity index (χ4n) is 2.28. The molecule has 6 heteroatoms. The van der Waals surface area contributed by atoms with Crippen molar-refractivity contribution in [1.29, 1.82) is 5.26 Å². The first kappa shape index (κ1) is 20.1. The average Bonchev–Trinajstić information content (AvgIpc) is 2.65. The van der Waals surface area contributed by atoms with Crippen LogP contribution in [-0.2, 0) is 11.3 Å². The first-order chi connectivity index (χ1) is 12.9. The summed E-state index contributed by atoms with van der Waals surface area (Å²) in [7, 11) is 1.46. The molecule has 0 spiro atoms. The quantitative estimate of drug-likeness (QED) is 0.447. The number of methoxy groups -OCH3 is 1. The minimum atomic E-state index is -0.484. The SMILES string of the molecule is COc1cc(/C=C/C=C(\C#N)C(=O)NCc2ccc(C)cc2Cl)ccc1O. The number of aryl methyl sites for hydroxylation is 1. The number of allylic oxidation sites excluding steroid dienone is 2. The Bertz CT molecular complexity index is 943. The van der Waals surface area contributed by atoms with E-state index in [1.807, 2.05) is 31.2 Å². The fourth-order valence-corrected chi connectivity index (χ4v) is 2.59. The third-order valence-electron chi connectivity index (χ3n) is 3.77. The van der Waals surface area contributed by atoms with E-state index in [2.05, 4.69) is 5.32 Å². The van der Waals surface area contributed by atoms with E-state index < -0.39 is 5.91 Å². The van der Waals surface area contributed by atoms with Crippen molar-refractivity contribution in [2.45, 2.75) is 13.5 Å². The van der Waals surface area contributed by atoms with Gasteiger partial charge in [-0.05, 0) is 47.9 Å². The Kier molecular flexibility index (Phi) is 7.04. The van der Waals surface area contributed by atoms with E-state index in [0.29, 0.717) is 10.8 Å². The summed E-state index contributed by atoms with van der Waals surface area (Å²) in [6.07, 6.45) is 4.71. The van der Waals surface area contributed by atoms with E-state index >= 15 is 0 Å². The molecule has 5 nitrogen and oxygen atoms in total. The Hall–Kier alpha value is -3.23. The van der Waals surface area contributed by atoms with Crippen LogP contribution in [0.3, 0.4) is 0 Å². The van der Waals surface area contributed by atoms with Gasteiger partial charge in [0.25, 0.3) is 5.91 Å². The summed E-state index contributed by atoms with van der Waals surface area (Å²) < 4.78 is 5.04. The highest BCUT2D eigenvalue weighted by molar-refractivity contribution is 6.31. The van der Waals surface area contributed by atoms with Crippen molar-refractivity contribution in [2.75, 3.05) is 7.11 Å². The first-order valence-electron chi connectivity index (χ1n) is 8.13. The molecule has 0 unspecified atom stereocenters. The van der Waals surface area contributed by atoms with E-state index in [1.165, 1.54) is 19.3 Å². The third kappa shape index (κ3) is 5.63. The molecule has 0 aliphatic carbocycles. The topological polar surface area (TPSA) is 82.3 Å². The van der Waals surface area contributed by atoms with Gasteiger partial charge in [0.15, 0.2) is 11.5 Å². The van der Waals surface area contributed by atoms with Gasteiger partial charge in [0, 0.05) is 11.6 Å². The molecule has 0 saturated heterocycles. The van der Waals surface area contributed by atoms with Crippen LogP contribution in [0.2, 0.25) is 5.02 Å². The average molecular weight is 383 g/mol. The second kappa shape index (κ2) is 9.46. The number of nitriles is 1. The summed E-state index contributed by atoms with van der Waals surface area (Å²) in [6.45, 7) is 2.16. The van der Waals surface area contributed by atoms with E-state index in [4.69, 9.17) is 16.3 Å². The molecule has 0 bridgehead atoms. The number of halogens is 1. The fraction of sp³-hybridized carbons (Fsp3) is 0.143. The highest BCUT2D eigenvalue weighted by Gasteiger charge is 2.09. The van der Waals surface area contributed by atoms with Gasteiger partial charge in [0.05, 0.1) is 7.11 Å². The van der Waals surface area contributed by atoms with Crippen LogP contribution in [0.4, 0.5) is 0 Å². The monoisotopic (exact) mass is 382 g/mol. The highest BCUT2D eigenvalue weighted by Crippen LogP contribution is 2.26. The number of carbonyl (C=O) groups is 1. The minimum absolute atomic E-state index is 0.0276. The Morgan fingerprint density at radius 1 is 1.33 bits per heavy atom. The number of phenolic OH excluding ortho intramolecular Hbond substituents is 1. The molecule has 0 aliphatic rings. The molecule has 0 fully saturated rings. The van der Waals surface area contributed by atoms with Crippen molar-refractivity contribution in [3.8, 4) is 17.6 Å². The maximum absolute atomic E-state index is 12.2. The molecule has 0 saturated carbocycles. The maximum atomic E-state index is 12.2. The van der Waals surface area contributed by atoms with E-state index in [1.54, 1.807) is 24.3 Å². The highest BCUT2D eigenvalue weighted by atomic mass is 35.5. The largest absolute Gasteiger partial charge is 0.504 e. The number of hydrogen-bond acceptors (Lipinski definition) is 4. The second-order valence-electron chi connectivity index (χ2n) is 5.76. The predicted molar refractivity (Wildman–Crippen MR) is 105 cm³/mol. The van der Waals surface area contributed by atoms with Crippen molar-refractivity contribution < 1.29 is 14.6 Å². The summed E-state index contributed by atoms with van der Waals surface area (Å²) >= 11 is 6.14. The number of carbonyl (C=O) groups excluding carboxylic acids is 1. The van der Waals surface area contributed by atoms with Gasteiger partial charge in [0.1, 0.15) is 11.6 Å². The van der Waals surface area contributed by atoms with Crippen LogP contribution in [-0.4, -0.2) is 18.1 Å². The number of aromatic hydroxyl groups is 1. The third-order valence-corrected chi connectivity index (χ3v) is 4.12. The van der Waals surface area contributed by atoms with E-state index in [0.717, 1.165) is 16.7 Å². The predicted octanol–water partition coefficient (Wildman–Crippen LogP) is 4.14. The van der Waals surface area contributed by atoms with Crippen molar-refractivity contribution in [3.63, 3.8) is 0 Å². The molecule has 0 atom stereocenters. The summed E-state index contributed by atoms with van der Waals surface area (Å²) in [6, 6.07) is 12.3. The number of rotatable bonds is 6. The molecule has 0 aliphatic heterocycles. The molecule has 0 heterocycles. The van der Waals surface area contributed by atoms with Gasteiger partial charge < -0.3 is 15.2 Å². The molecular weight excluding hydrogens is 364 g/mol. The number of benzene rings is 2. The number of nitrogens with one attached hydrogen (secondary N) is 1. The molecule has 1 amide bonds. The summed E-state index contributed by atoms with van der Waals surface area (Å²) in [4.78, 5) is 12.2. The lowest BCUT2D eigenvalue weighted by Crippen LogP contribution is -2.24. The molecule has 2 rings (SSSR count). The smallest absolute Gasteiger partial charge is 0.262 e. The zero-order valence-corrected chi connectivity index (χ0v) is 15.7. The lowest BCUT2D eigenvalue weighted by Gasteiger charge is -2.07. The number of phenols is 1. The van der Waals surface area contributed by atoms with Crippen molar-refractivity contribution >= 4 is 23.6 Å². The molecular formula is C21H19ClN2O3. The zero-order chi connectivity index (χ0) is 19.8. The molecule has 0 radical (unpaired) electrons. The lowest BCUT2D eigenvalue weighted by molar-refractivity contribution is -0.117. The van der Waals surface area contributed by atoms with E-state index in [9.17, 15) is 15.2 Å². The minimum Gasteiger partial charge on any atom is -0.504 e. The molecule has 2 N–H and O–H groups in total. The number of amides is 1. The van der Waals surface area contributed by atoms with Crippen LogP contribution in [0.1, 0.15) is 16.7 Å². The van der Waals surface area contributed by atoms with Crippen molar-refractivity contribution in [3.05, 3.63) is 75.8 Å². The summed E-state index contributed by atoms with van der Waals surface area (Å²) in [5, 5.41) is 22.0. The molecule has 2 aromatic rings. The summed E-state index contributed by atoms with van der Waals surface area (Å²) in [5.74, 6) is -0.103. The van der Waals surface area contributed by atoms with Gasteiger partial charge >= 0.3 is 0 Å².